The van der Waals surface area contributed by atoms with Crippen LogP contribution in [0.2, 0.25) is 0 Å². The fraction of sp³-hybridized carbons (Fsp3) is 0.357. The minimum atomic E-state index is -3.55. The zero-order valence-electron chi connectivity index (χ0n) is 10.8. The van der Waals surface area contributed by atoms with Gasteiger partial charge in [0.15, 0.2) is 0 Å². The van der Waals surface area contributed by atoms with Gasteiger partial charge in [0, 0.05) is 18.7 Å². The maximum Gasteiger partial charge on any atom is 0.285 e. The topological polar surface area (TPSA) is 49.7 Å². The summed E-state index contributed by atoms with van der Waals surface area (Å²) >= 11 is 0. The first kappa shape index (κ1) is 12.4. The fourth-order valence-electron chi connectivity index (χ4n) is 2.70. The molecule has 0 radical (unpaired) electrons. The summed E-state index contributed by atoms with van der Waals surface area (Å²) in [4.78, 5) is 2.43. The molecule has 3 rings (SSSR count). The molecule has 0 atom stereocenters. The molecule has 1 fully saturated rings. The van der Waals surface area contributed by atoms with Crippen molar-refractivity contribution in [2.45, 2.75) is 19.8 Å². The first-order chi connectivity index (χ1) is 9.09. The van der Waals surface area contributed by atoms with E-state index in [-0.39, 0.29) is 0 Å². The first-order valence-electron chi connectivity index (χ1n) is 6.46. The van der Waals surface area contributed by atoms with Crippen molar-refractivity contribution >= 4 is 20.8 Å². The Morgan fingerprint density at radius 3 is 2.37 bits per heavy atom. The van der Waals surface area contributed by atoms with Crippen LogP contribution in [0.25, 0.3) is 4.91 Å². The highest BCUT2D eigenvalue weighted by atomic mass is 32.2. The molecule has 1 aromatic carbocycles. The number of benzene rings is 1. The van der Waals surface area contributed by atoms with Crippen LogP contribution in [0.5, 0.6) is 0 Å². The number of likely N-dealkylation sites (tertiary alicyclic amines) is 1. The molecule has 0 bridgehead atoms. The second-order valence-corrected chi connectivity index (χ2v) is 6.45. The number of hydrogen-bond acceptors (Lipinski definition) is 3. The van der Waals surface area contributed by atoms with Crippen molar-refractivity contribution in [3.8, 4) is 0 Å². The molecular formula is C14H16N2O2S. The quantitative estimate of drug-likeness (QED) is 0.790. The summed E-state index contributed by atoms with van der Waals surface area (Å²) in [5.41, 5.74) is 1.49. The standard InChI is InChI=1S/C14H16N2O2S/c1-11-13(12-7-3-2-4-8-12)19(17,18)15-14(11)16-9-5-6-10-16/h2-4,7-8H,5-6,9-10H2,1H3. The van der Waals surface area contributed by atoms with Crippen molar-refractivity contribution < 1.29 is 8.42 Å². The summed E-state index contributed by atoms with van der Waals surface area (Å²) in [6, 6.07) is 9.21. The van der Waals surface area contributed by atoms with Crippen LogP contribution in [-0.2, 0) is 10.0 Å². The van der Waals surface area contributed by atoms with Gasteiger partial charge in [0.1, 0.15) is 10.7 Å². The maximum absolute atomic E-state index is 12.3. The van der Waals surface area contributed by atoms with Crippen molar-refractivity contribution in [1.29, 1.82) is 0 Å². The summed E-state index contributed by atoms with van der Waals surface area (Å²) in [7, 11) is -3.55. The summed E-state index contributed by atoms with van der Waals surface area (Å²) in [6.45, 7) is 3.64. The Morgan fingerprint density at radius 1 is 1.11 bits per heavy atom. The molecule has 2 heterocycles. The van der Waals surface area contributed by atoms with E-state index >= 15 is 0 Å². The van der Waals surface area contributed by atoms with Gasteiger partial charge in [-0.15, -0.1) is 4.40 Å². The fourth-order valence-corrected chi connectivity index (χ4v) is 4.19. The second kappa shape index (κ2) is 4.49. The van der Waals surface area contributed by atoms with E-state index in [0.717, 1.165) is 37.1 Å². The van der Waals surface area contributed by atoms with Crippen LogP contribution >= 0.6 is 0 Å². The lowest BCUT2D eigenvalue weighted by molar-refractivity contribution is 0.520. The summed E-state index contributed by atoms with van der Waals surface area (Å²) in [5.74, 6) is 0.636. The van der Waals surface area contributed by atoms with Gasteiger partial charge < -0.3 is 4.90 Å². The van der Waals surface area contributed by atoms with Crippen LogP contribution in [0.15, 0.2) is 40.3 Å². The van der Waals surface area contributed by atoms with Crippen molar-refractivity contribution in [1.82, 2.24) is 4.90 Å². The molecule has 1 saturated heterocycles. The first-order valence-corrected chi connectivity index (χ1v) is 7.90. The number of hydrogen-bond donors (Lipinski definition) is 0. The lowest BCUT2D eigenvalue weighted by atomic mass is 10.1. The van der Waals surface area contributed by atoms with Gasteiger partial charge in [-0.05, 0) is 25.3 Å². The highest BCUT2D eigenvalue weighted by molar-refractivity contribution is 8.00. The lowest BCUT2D eigenvalue weighted by Crippen LogP contribution is -2.27. The van der Waals surface area contributed by atoms with Crippen LogP contribution in [0.1, 0.15) is 25.3 Å². The third-order valence-electron chi connectivity index (χ3n) is 3.58. The molecule has 0 spiro atoms. The molecular weight excluding hydrogens is 260 g/mol. The summed E-state index contributed by atoms with van der Waals surface area (Å²) in [5, 5.41) is 0. The molecule has 0 saturated carbocycles. The minimum Gasteiger partial charge on any atom is -0.356 e. The normalized spacial score (nSPS) is 21.9. The Kier molecular flexibility index (Phi) is 2.93. The van der Waals surface area contributed by atoms with Gasteiger partial charge in [-0.25, -0.2) is 0 Å². The molecule has 4 nitrogen and oxygen atoms in total. The Hall–Kier alpha value is -1.62. The molecule has 0 amide bonds. The number of nitrogens with zero attached hydrogens (tertiary/aromatic N) is 2. The van der Waals surface area contributed by atoms with E-state index in [0.29, 0.717) is 10.7 Å². The molecule has 0 unspecified atom stereocenters. The van der Waals surface area contributed by atoms with E-state index in [1.807, 2.05) is 37.3 Å². The average Bonchev–Trinajstić information content (AvgIpc) is 2.97. The summed E-state index contributed by atoms with van der Waals surface area (Å²) < 4.78 is 28.5. The average molecular weight is 276 g/mol. The van der Waals surface area contributed by atoms with E-state index in [1.165, 1.54) is 0 Å². The number of sulfonamides is 1. The van der Waals surface area contributed by atoms with E-state index in [4.69, 9.17) is 0 Å². The lowest BCUT2D eigenvalue weighted by Gasteiger charge is -2.17. The Labute approximate surface area is 113 Å². The highest BCUT2D eigenvalue weighted by Crippen LogP contribution is 2.34. The van der Waals surface area contributed by atoms with Gasteiger partial charge in [0.05, 0.1) is 0 Å². The van der Waals surface area contributed by atoms with Crippen LogP contribution in [0.3, 0.4) is 0 Å². The van der Waals surface area contributed by atoms with Gasteiger partial charge in [-0.2, -0.15) is 8.42 Å². The smallest absolute Gasteiger partial charge is 0.285 e. The zero-order valence-corrected chi connectivity index (χ0v) is 11.7. The van der Waals surface area contributed by atoms with Crippen molar-refractivity contribution in [3.05, 3.63) is 41.5 Å². The molecule has 0 aromatic heterocycles. The predicted molar refractivity (Wildman–Crippen MR) is 76.2 cm³/mol. The molecule has 0 N–H and O–H groups in total. The monoisotopic (exact) mass is 276 g/mol. The van der Waals surface area contributed by atoms with Gasteiger partial charge in [-0.3, -0.25) is 0 Å². The van der Waals surface area contributed by atoms with Gasteiger partial charge >= 0.3 is 0 Å². The molecule has 1 aromatic rings. The van der Waals surface area contributed by atoms with Gasteiger partial charge in [-0.1, -0.05) is 30.3 Å². The SMILES string of the molecule is CC1=C(c2ccccc2)S(=O)(=O)N=C1N1CCCC1. The third-order valence-corrected chi connectivity index (χ3v) is 5.05. The van der Waals surface area contributed by atoms with E-state index in [1.54, 1.807) is 0 Å². The van der Waals surface area contributed by atoms with Crippen LogP contribution in [0, 0.1) is 0 Å². The molecule has 19 heavy (non-hydrogen) atoms. The van der Waals surface area contributed by atoms with Crippen LogP contribution in [-0.4, -0.2) is 32.2 Å². The van der Waals surface area contributed by atoms with Crippen molar-refractivity contribution in [2.24, 2.45) is 4.40 Å². The van der Waals surface area contributed by atoms with E-state index < -0.39 is 10.0 Å². The third kappa shape index (κ3) is 2.08. The molecule has 100 valence electrons. The second-order valence-electron chi connectivity index (χ2n) is 4.90. The zero-order chi connectivity index (χ0) is 13.5. The largest absolute Gasteiger partial charge is 0.356 e. The predicted octanol–water partition coefficient (Wildman–Crippen LogP) is 2.26. The van der Waals surface area contributed by atoms with Crippen molar-refractivity contribution in [3.63, 3.8) is 0 Å². The molecule has 0 aliphatic carbocycles. The Morgan fingerprint density at radius 2 is 1.74 bits per heavy atom. The Bertz CT molecular complexity index is 654. The highest BCUT2D eigenvalue weighted by Gasteiger charge is 2.33. The minimum absolute atomic E-state index is 0.356. The molecule has 2 aliphatic rings. The number of amidine groups is 1. The van der Waals surface area contributed by atoms with Gasteiger partial charge in [0.2, 0.25) is 0 Å². The van der Waals surface area contributed by atoms with Crippen LogP contribution in [0.4, 0.5) is 0 Å². The van der Waals surface area contributed by atoms with E-state index in [9.17, 15) is 8.42 Å². The summed E-state index contributed by atoms with van der Waals surface area (Å²) in [6.07, 6.45) is 2.21. The number of rotatable bonds is 1. The molecule has 5 heteroatoms. The van der Waals surface area contributed by atoms with Crippen LogP contribution < -0.4 is 0 Å². The Balaban J connectivity index is 2.09. The van der Waals surface area contributed by atoms with Gasteiger partial charge in [0.25, 0.3) is 10.0 Å². The molecule has 2 aliphatic heterocycles. The van der Waals surface area contributed by atoms with Crippen molar-refractivity contribution in [2.75, 3.05) is 13.1 Å². The van der Waals surface area contributed by atoms with E-state index in [2.05, 4.69) is 9.30 Å². The maximum atomic E-state index is 12.3.